The summed E-state index contributed by atoms with van der Waals surface area (Å²) in [5.41, 5.74) is 1.13. The van der Waals surface area contributed by atoms with Gasteiger partial charge in [0.05, 0.1) is 6.61 Å². The molecule has 1 aromatic carbocycles. The van der Waals surface area contributed by atoms with E-state index in [1.807, 2.05) is 24.5 Å². The van der Waals surface area contributed by atoms with Gasteiger partial charge in [-0.1, -0.05) is 6.07 Å². The SMILES string of the molecule is CSO[C@@H]1CCOc2cc(S)ccc21. The van der Waals surface area contributed by atoms with Gasteiger partial charge in [-0.15, -0.1) is 12.6 Å². The first-order chi connectivity index (χ1) is 6.81. The van der Waals surface area contributed by atoms with Crippen molar-refractivity contribution in [1.82, 2.24) is 0 Å². The Bertz CT molecular complexity index is 328. The summed E-state index contributed by atoms with van der Waals surface area (Å²) in [6.45, 7) is 0.718. The zero-order valence-electron chi connectivity index (χ0n) is 7.90. The molecule has 0 aromatic heterocycles. The maximum Gasteiger partial charge on any atom is 0.126 e. The Hall–Kier alpha value is -0.320. The monoisotopic (exact) mass is 228 g/mol. The Kier molecular flexibility index (Phi) is 3.26. The molecule has 0 radical (unpaired) electrons. The van der Waals surface area contributed by atoms with Crippen LogP contribution in [-0.4, -0.2) is 12.9 Å². The zero-order valence-corrected chi connectivity index (χ0v) is 9.61. The van der Waals surface area contributed by atoms with Crippen molar-refractivity contribution in [2.75, 3.05) is 12.9 Å². The van der Waals surface area contributed by atoms with Gasteiger partial charge >= 0.3 is 0 Å². The Morgan fingerprint density at radius 1 is 1.57 bits per heavy atom. The van der Waals surface area contributed by atoms with Crippen molar-refractivity contribution in [2.45, 2.75) is 17.4 Å². The minimum absolute atomic E-state index is 0.155. The van der Waals surface area contributed by atoms with E-state index in [2.05, 4.69) is 12.6 Å². The largest absolute Gasteiger partial charge is 0.493 e. The number of thiol groups is 1. The molecule has 0 unspecified atom stereocenters. The molecule has 1 aromatic rings. The molecule has 1 aliphatic rings. The van der Waals surface area contributed by atoms with Crippen LogP contribution in [0, 0.1) is 0 Å². The molecule has 0 saturated carbocycles. The van der Waals surface area contributed by atoms with Crippen LogP contribution in [0.2, 0.25) is 0 Å². The van der Waals surface area contributed by atoms with Crippen molar-refractivity contribution >= 4 is 24.7 Å². The highest BCUT2D eigenvalue weighted by Crippen LogP contribution is 2.37. The summed E-state index contributed by atoms with van der Waals surface area (Å²) in [7, 11) is 0. The number of hydrogen-bond acceptors (Lipinski definition) is 4. The van der Waals surface area contributed by atoms with Crippen molar-refractivity contribution in [1.29, 1.82) is 0 Å². The number of hydrogen-bond donors (Lipinski definition) is 1. The van der Waals surface area contributed by atoms with Gasteiger partial charge in [-0.3, -0.25) is 0 Å². The van der Waals surface area contributed by atoms with Gasteiger partial charge < -0.3 is 8.92 Å². The van der Waals surface area contributed by atoms with Crippen LogP contribution in [-0.2, 0) is 4.18 Å². The lowest BCUT2D eigenvalue weighted by atomic mass is 10.0. The molecule has 1 atom stereocenters. The van der Waals surface area contributed by atoms with Gasteiger partial charge in [0.15, 0.2) is 0 Å². The number of rotatable bonds is 2. The van der Waals surface area contributed by atoms with E-state index in [0.717, 1.165) is 29.2 Å². The predicted molar refractivity (Wildman–Crippen MR) is 61.1 cm³/mol. The zero-order chi connectivity index (χ0) is 9.97. The summed E-state index contributed by atoms with van der Waals surface area (Å²) in [5.74, 6) is 0.905. The maximum atomic E-state index is 5.56. The fourth-order valence-corrected chi connectivity index (χ4v) is 2.19. The van der Waals surface area contributed by atoms with Crippen LogP contribution in [0.5, 0.6) is 5.75 Å². The fraction of sp³-hybridized carbons (Fsp3) is 0.400. The molecule has 1 aliphatic heterocycles. The first-order valence-corrected chi connectivity index (χ1v) is 6.06. The summed E-state index contributed by atoms with van der Waals surface area (Å²) in [6, 6.07) is 5.93. The maximum absolute atomic E-state index is 5.56. The lowest BCUT2D eigenvalue weighted by Gasteiger charge is -2.24. The third kappa shape index (κ3) is 2.02. The highest BCUT2D eigenvalue weighted by molar-refractivity contribution is 7.93. The molecule has 0 N–H and O–H groups in total. The highest BCUT2D eigenvalue weighted by atomic mass is 32.2. The Morgan fingerprint density at radius 3 is 3.21 bits per heavy atom. The normalized spacial score (nSPS) is 20.0. The second-order valence-corrected chi connectivity index (χ2v) is 4.15. The molecular formula is C10H12O2S2. The van der Waals surface area contributed by atoms with Gasteiger partial charge in [0.25, 0.3) is 0 Å². The summed E-state index contributed by atoms with van der Waals surface area (Å²) < 4.78 is 11.1. The minimum Gasteiger partial charge on any atom is -0.493 e. The van der Waals surface area contributed by atoms with Gasteiger partial charge in [-0.25, -0.2) is 0 Å². The van der Waals surface area contributed by atoms with Crippen LogP contribution < -0.4 is 4.74 Å². The van der Waals surface area contributed by atoms with Crippen molar-refractivity contribution in [2.24, 2.45) is 0 Å². The van der Waals surface area contributed by atoms with E-state index >= 15 is 0 Å². The molecule has 76 valence electrons. The first kappa shape index (κ1) is 10.2. The molecule has 4 heteroatoms. The van der Waals surface area contributed by atoms with Crippen LogP contribution >= 0.6 is 24.7 Å². The lowest BCUT2D eigenvalue weighted by Crippen LogP contribution is -2.14. The van der Waals surface area contributed by atoms with Crippen molar-refractivity contribution < 1.29 is 8.92 Å². The molecular weight excluding hydrogens is 216 g/mol. The van der Waals surface area contributed by atoms with Crippen molar-refractivity contribution in [3.63, 3.8) is 0 Å². The summed E-state index contributed by atoms with van der Waals surface area (Å²) in [4.78, 5) is 0.925. The molecule has 0 aliphatic carbocycles. The molecule has 0 fully saturated rings. The molecule has 1 heterocycles. The number of benzene rings is 1. The molecule has 2 rings (SSSR count). The predicted octanol–water partition coefficient (Wildman–Crippen LogP) is 3.09. The Morgan fingerprint density at radius 2 is 2.43 bits per heavy atom. The third-order valence-electron chi connectivity index (χ3n) is 2.19. The van der Waals surface area contributed by atoms with E-state index in [0.29, 0.717) is 0 Å². The Balaban J connectivity index is 2.30. The van der Waals surface area contributed by atoms with Gasteiger partial charge in [-0.05, 0) is 24.2 Å². The van der Waals surface area contributed by atoms with E-state index in [1.165, 1.54) is 12.0 Å². The first-order valence-electron chi connectivity index (χ1n) is 4.46. The standard InChI is InChI=1S/C10H12O2S2/c1-14-12-9-4-5-11-10-6-7(13)2-3-8(9)10/h2-3,6,9,13H,4-5H2,1H3/t9-/m1/s1. The van der Waals surface area contributed by atoms with Gasteiger partial charge in [-0.2, -0.15) is 0 Å². The number of fused-ring (bicyclic) bond motifs is 1. The minimum atomic E-state index is 0.155. The van der Waals surface area contributed by atoms with E-state index in [9.17, 15) is 0 Å². The average Bonchev–Trinajstić information content (AvgIpc) is 2.18. The molecule has 0 bridgehead atoms. The molecule has 0 saturated heterocycles. The summed E-state index contributed by atoms with van der Waals surface area (Å²) >= 11 is 5.68. The summed E-state index contributed by atoms with van der Waals surface area (Å²) in [5, 5.41) is 0. The summed E-state index contributed by atoms with van der Waals surface area (Å²) in [6.07, 6.45) is 3.00. The van der Waals surface area contributed by atoms with E-state index < -0.39 is 0 Å². The average molecular weight is 228 g/mol. The second kappa shape index (κ2) is 4.47. The molecule has 14 heavy (non-hydrogen) atoms. The smallest absolute Gasteiger partial charge is 0.126 e. The fourth-order valence-electron chi connectivity index (χ4n) is 1.56. The third-order valence-corrected chi connectivity index (χ3v) is 2.90. The van der Waals surface area contributed by atoms with Crippen LogP contribution in [0.15, 0.2) is 23.1 Å². The second-order valence-electron chi connectivity index (χ2n) is 3.11. The van der Waals surface area contributed by atoms with Gasteiger partial charge in [0, 0.05) is 23.1 Å². The molecule has 2 nitrogen and oxygen atoms in total. The van der Waals surface area contributed by atoms with Crippen LogP contribution in [0.25, 0.3) is 0 Å². The van der Waals surface area contributed by atoms with Crippen molar-refractivity contribution in [3.8, 4) is 5.75 Å². The molecule has 0 amide bonds. The van der Waals surface area contributed by atoms with Crippen LogP contribution in [0.4, 0.5) is 0 Å². The van der Waals surface area contributed by atoms with Crippen LogP contribution in [0.3, 0.4) is 0 Å². The topological polar surface area (TPSA) is 18.5 Å². The van der Waals surface area contributed by atoms with Crippen LogP contribution in [0.1, 0.15) is 18.1 Å². The highest BCUT2D eigenvalue weighted by Gasteiger charge is 2.21. The van der Waals surface area contributed by atoms with Gasteiger partial charge in [0.2, 0.25) is 0 Å². The van der Waals surface area contributed by atoms with E-state index in [4.69, 9.17) is 8.92 Å². The quantitative estimate of drug-likeness (QED) is 0.620. The Labute approximate surface area is 93.6 Å². The van der Waals surface area contributed by atoms with E-state index in [1.54, 1.807) is 0 Å². The van der Waals surface area contributed by atoms with Gasteiger partial charge in [0.1, 0.15) is 11.9 Å². The number of ether oxygens (including phenoxy) is 1. The molecule has 0 spiro atoms. The van der Waals surface area contributed by atoms with E-state index in [-0.39, 0.29) is 6.10 Å². The lowest BCUT2D eigenvalue weighted by molar-refractivity contribution is 0.158. The van der Waals surface area contributed by atoms with Crippen molar-refractivity contribution in [3.05, 3.63) is 23.8 Å².